The minimum atomic E-state index is -0.244. The van der Waals surface area contributed by atoms with Crippen molar-refractivity contribution in [1.82, 2.24) is 5.32 Å². The number of hydrogen-bond acceptors (Lipinski definition) is 2. The molecule has 0 saturated heterocycles. The third-order valence-corrected chi connectivity index (χ3v) is 3.36. The monoisotopic (exact) mass is 293 g/mol. The van der Waals surface area contributed by atoms with Crippen LogP contribution in [-0.4, -0.2) is 13.2 Å². The molecule has 0 aliphatic heterocycles. The van der Waals surface area contributed by atoms with Crippen molar-refractivity contribution in [3.05, 3.63) is 64.9 Å². The van der Waals surface area contributed by atoms with E-state index in [4.69, 9.17) is 16.3 Å². The fourth-order valence-corrected chi connectivity index (χ4v) is 2.35. The van der Waals surface area contributed by atoms with E-state index in [1.165, 1.54) is 12.1 Å². The van der Waals surface area contributed by atoms with E-state index in [-0.39, 0.29) is 18.0 Å². The molecule has 0 aliphatic carbocycles. The Kier molecular flexibility index (Phi) is 4.99. The van der Waals surface area contributed by atoms with E-state index in [0.29, 0.717) is 10.8 Å². The van der Waals surface area contributed by atoms with Crippen molar-refractivity contribution in [2.75, 3.05) is 7.05 Å². The van der Waals surface area contributed by atoms with Crippen LogP contribution >= 0.6 is 11.6 Å². The average molecular weight is 294 g/mol. The number of ether oxygens (including phenoxy) is 1. The van der Waals surface area contributed by atoms with Crippen LogP contribution in [0.1, 0.15) is 18.5 Å². The lowest BCUT2D eigenvalue weighted by molar-refractivity contribution is 0.175. The van der Waals surface area contributed by atoms with Gasteiger partial charge in [-0.1, -0.05) is 29.8 Å². The minimum absolute atomic E-state index is 0.0328. The molecule has 0 heterocycles. The Balaban J connectivity index is 2.13. The molecule has 0 radical (unpaired) electrons. The van der Waals surface area contributed by atoms with E-state index >= 15 is 0 Å². The van der Waals surface area contributed by atoms with Crippen LogP contribution in [0.3, 0.4) is 0 Å². The molecule has 2 aromatic rings. The first-order valence-electron chi connectivity index (χ1n) is 6.45. The zero-order valence-electron chi connectivity index (χ0n) is 11.4. The molecule has 2 unspecified atom stereocenters. The Morgan fingerprint density at radius 3 is 2.45 bits per heavy atom. The minimum Gasteiger partial charge on any atom is -0.489 e. The number of hydrogen-bond donors (Lipinski definition) is 1. The molecule has 0 amide bonds. The summed E-state index contributed by atoms with van der Waals surface area (Å²) in [6.45, 7) is 1.96. The Labute approximate surface area is 123 Å². The van der Waals surface area contributed by atoms with Crippen molar-refractivity contribution in [2.24, 2.45) is 0 Å². The summed E-state index contributed by atoms with van der Waals surface area (Å²) >= 11 is 5.94. The van der Waals surface area contributed by atoms with E-state index in [2.05, 4.69) is 5.32 Å². The Hall–Kier alpha value is -1.58. The predicted molar refractivity (Wildman–Crippen MR) is 79.7 cm³/mol. The van der Waals surface area contributed by atoms with Crippen LogP contribution in [0.4, 0.5) is 4.39 Å². The van der Waals surface area contributed by atoms with E-state index in [1.54, 1.807) is 24.3 Å². The van der Waals surface area contributed by atoms with Crippen LogP contribution in [0.2, 0.25) is 5.02 Å². The standard InChI is InChI=1S/C16H17ClFNO/c1-11(20-15-5-3-4-13(17)10-15)16(19-2)12-6-8-14(18)9-7-12/h3-11,16,19H,1-2H3. The van der Waals surface area contributed by atoms with Gasteiger partial charge in [0.2, 0.25) is 0 Å². The van der Waals surface area contributed by atoms with Gasteiger partial charge in [-0.3, -0.25) is 0 Å². The van der Waals surface area contributed by atoms with Gasteiger partial charge in [0.1, 0.15) is 17.7 Å². The predicted octanol–water partition coefficient (Wildman–Crippen LogP) is 4.21. The number of rotatable bonds is 5. The van der Waals surface area contributed by atoms with E-state index < -0.39 is 0 Å². The lowest BCUT2D eigenvalue weighted by Gasteiger charge is -2.25. The first kappa shape index (κ1) is 14.8. The molecule has 0 bridgehead atoms. The highest BCUT2D eigenvalue weighted by Gasteiger charge is 2.19. The highest BCUT2D eigenvalue weighted by Crippen LogP contribution is 2.24. The third kappa shape index (κ3) is 3.71. The van der Waals surface area contributed by atoms with Gasteiger partial charge in [0.25, 0.3) is 0 Å². The zero-order valence-corrected chi connectivity index (χ0v) is 12.2. The van der Waals surface area contributed by atoms with Gasteiger partial charge >= 0.3 is 0 Å². The molecule has 0 spiro atoms. The summed E-state index contributed by atoms with van der Waals surface area (Å²) in [4.78, 5) is 0. The van der Waals surface area contributed by atoms with Crippen LogP contribution in [0, 0.1) is 5.82 Å². The summed E-state index contributed by atoms with van der Waals surface area (Å²) < 4.78 is 18.9. The maximum Gasteiger partial charge on any atom is 0.123 e. The molecular weight excluding hydrogens is 277 g/mol. The lowest BCUT2D eigenvalue weighted by Crippen LogP contribution is -2.31. The lowest BCUT2D eigenvalue weighted by atomic mass is 10.0. The summed E-state index contributed by atoms with van der Waals surface area (Å²) in [5.74, 6) is 0.472. The van der Waals surface area contributed by atoms with Crippen LogP contribution < -0.4 is 10.1 Å². The van der Waals surface area contributed by atoms with Gasteiger partial charge in [0.15, 0.2) is 0 Å². The van der Waals surface area contributed by atoms with Crippen molar-refractivity contribution in [1.29, 1.82) is 0 Å². The number of likely N-dealkylation sites (N-methyl/N-ethyl adjacent to an activating group) is 1. The summed E-state index contributed by atoms with van der Waals surface area (Å²) in [7, 11) is 1.85. The second-order valence-corrected chi connectivity index (χ2v) is 5.03. The van der Waals surface area contributed by atoms with Crippen LogP contribution in [0.5, 0.6) is 5.75 Å². The molecule has 1 N–H and O–H groups in total. The van der Waals surface area contributed by atoms with Crippen LogP contribution in [0.25, 0.3) is 0 Å². The Bertz CT molecular complexity index is 559. The van der Waals surface area contributed by atoms with Crippen molar-refractivity contribution >= 4 is 11.6 Å². The van der Waals surface area contributed by atoms with Gasteiger partial charge in [0, 0.05) is 5.02 Å². The van der Waals surface area contributed by atoms with Crippen molar-refractivity contribution in [2.45, 2.75) is 19.1 Å². The molecule has 2 rings (SSSR count). The van der Waals surface area contributed by atoms with E-state index in [1.807, 2.05) is 26.1 Å². The maximum atomic E-state index is 13.0. The quantitative estimate of drug-likeness (QED) is 0.892. The van der Waals surface area contributed by atoms with Gasteiger partial charge in [-0.05, 0) is 49.9 Å². The molecule has 106 valence electrons. The highest BCUT2D eigenvalue weighted by atomic mass is 35.5. The largest absolute Gasteiger partial charge is 0.489 e. The molecule has 0 fully saturated rings. The SMILES string of the molecule is CNC(c1ccc(F)cc1)C(C)Oc1cccc(Cl)c1. The van der Waals surface area contributed by atoms with Crippen LogP contribution in [0.15, 0.2) is 48.5 Å². The summed E-state index contributed by atoms with van der Waals surface area (Å²) in [5.41, 5.74) is 0.975. The molecule has 2 nitrogen and oxygen atoms in total. The van der Waals surface area contributed by atoms with Gasteiger partial charge in [-0.2, -0.15) is 0 Å². The van der Waals surface area contributed by atoms with Gasteiger partial charge in [-0.15, -0.1) is 0 Å². The van der Waals surface area contributed by atoms with Crippen molar-refractivity contribution in [3.8, 4) is 5.75 Å². The second kappa shape index (κ2) is 6.73. The van der Waals surface area contributed by atoms with Crippen molar-refractivity contribution < 1.29 is 9.13 Å². The van der Waals surface area contributed by atoms with Gasteiger partial charge in [0.05, 0.1) is 6.04 Å². The van der Waals surface area contributed by atoms with Crippen molar-refractivity contribution in [3.63, 3.8) is 0 Å². The first-order chi connectivity index (χ1) is 9.60. The molecule has 2 atom stereocenters. The third-order valence-electron chi connectivity index (χ3n) is 3.13. The van der Waals surface area contributed by atoms with E-state index in [0.717, 1.165) is 5.56 Å². The number of halogens is 2. The molecule has 20 heavy (non-hydrogen) atoms. The summed E-state index contributed by atoms with van der Waals surface area (Å²) in [6, 6.07) is 13.7. The zero-order chi connectivity index (χ0) is 14.5. The molecule has 0 aromatic heterocycles. The molecule has 0 saturated carbocycles. The normalized spacial score (nSPS) is 13.8. The fourth-order valence-electron chi connectivity index (χ4n) is 2.17. The first-order valence-corrected chi connectivity index (χ1v) is 6.83. The second-order valence-electron chi connectivity index (χ2n) is 4.60. The van der Waals surface area contributed by atoms with Gasteiger partial charge < -0.3 is 10.1 Å². The number of nitrogens with one attached hydrogen (secondary N) is 1. The summed E-state index contributed by atoms with van der Waals surface area (Å²) in [6.07, 6.45) is -0.121. The smallest absolute Gasteiger partial charge is 0.123 e. The highest BCUT2D eigenvalue weighted by molar-refractivity contribution is 6.30. The molecule has 0 aliphatic rings. The van der Waals surface area contributed by atoms with Crippen LogP contribution in [-0.2, 0) is 0 Å². The molecular formula is C16H17ClFNO. The fraction of sp³-hybridized carbons (Fsp3) is 0.250. The average Bonchev–Trinajstić information content (AvgIpc) is 2.42. The maximum absolute atomic E-state index is 13.0. The Morgan fingerprint density at radius 2 is 1.85 bits per heavy atom. The number of benzene rings is 2. The topological polar surface area (TPSA) is 21.3 Å². The Morgan fingerprint density at radius 1 is 1.15 bits per heavy atom. The molecule has 2 aromatic carbocycles. The molecule has 4 heteroatoms. The van der Waals surface area contributed by atoms with E-state index in [9.17, 15) is 4.39 Å². The van der Waals surface area contributed by atoms with Gasteiger partial charge in [-0.25, -0.2) is 4.39 Å². The summed E-state index contributed by atoms with van der Waals surface area (Å²) in [5, 5.41) is 3.83.